The summed E-state index contributed by atoms with van der Waals surface area (Å²) in [5.41, 5.74) is 7.55. The lowest BCUT2D eigenvalue weighted by molar-refractivity contribution is -0.142. The van der Waals surface area contributed by atoms with Gasteiger partial charge in [0.2, 0.25) is 11.8 Å². The molecule has 0 spiro atoms. The lowest BCUT2D eigenvalue weighted by Gasteiger charge is -2.34. The molecule has 2 aliphatic rings. The zero-order valence-electron chi connectivity index (χ0n) is 18.3. The van der Waals surface area contributed by atoms with Crippen LogP contribution in [0.15, 0.2) is 18.2 Å². The molecule has 9 heteroatoms. The van der Waals surface area contributed by atoms with Gasteiger partial charge in [-0.25, -0.2) is 0 Å². The molecule has 0 bridgehead atoms. The molecule has 1 aliphatic carbocycles. The van der Waals surface area contributed by atoms with Crippen LogP contribution in [-0.4, -0.2) is 53.0 Å². The predicted octanol–water partition coefficient (Wildman–Crippen LogP) is 2.03. The SMILES string of the molecule is NCc1ccc(Cl)cc1CNC(=O)C1CCCN1C(=O)C(NCC(=O)O)C1CCCCC1. The number of carbonyl (C=O) groups is 3. The third kappa shape index (κ3) is 6.21. The summed E-state index contributed by atoms with van der Waals surface area (Å²) in [7, 11) is 0. The normalized spacial score (nSPS) is 20.2. The van der Waals surface area contributed by atoms with Crippen LogP contribution in [0.1, 0.15) is 56.1 Å². The lowest BCUT2D eigenvalue weighted by atomic mass is 9.83. The third-order valence-electron chi connectivity index (χ3n) is 6.54. The van der Waals surface area contributed by atoms with Gasteiger partial charge in [0.15, 0.2) is 0 Å². The van der Waals surface area contributed by atoms with E-state index in [0.717, 1.165) is 49.7 Å². The number of carbonyl (C=O) groups excluding carboxylic acids is 2. The topological polar surface area (TPSA) is 125 Å². The average molecular weight is 465 g/mol. The van der Waals surface area contributed by atoms with Crippen LogP contribution < -0.4 is 16.4 Å². The van der Waals surface area contributed by atoms with Crippen LogP contribution in [0, 0.1) is 5.92 Å². The highest BCUT2D eigenvalue weighted by atomic mass is 35.5. The molecule has 32 heavy (non-hydrogen) atoms. The highest BCUT2D eigenvalue weighted by Gasteiger charge is 2.40. The second-order valence-corrected chi connectivity index (χ2v) is 9.11. The van der Waals surface area contributed by atoms with E-state index in [9.17, 15) is 14.4 Å². The number of halogens is 1. The van der Waals surface area contributed by atoms with E-state index in [4.69, 9.17) is 22.4 Å². The number of likely N-dealkylation sites (tertiary alicyclic amines) is 1. The van der Waals surface area contributed by atoms with Crippen LogP contribution in [0.5, 0.6) is 0 Å². The monoisotopic (exact) mass is 464 g/mol. The molecule has 1 aromatic rings. The number of nitrogens with zero attached hydrogens (tertiary/aromatic N) is 1. The van der Waals surface area contributed by atoms with E-state index < -0.39 is 18.1 Å². The zero-order valence-corrected chi connectivity index (χ0v) is 19.1. The number of rotatable bonds is 9. The highest BCUT2D eigenvalue weighted by Crippen LogP contribution is 2.29. The summed E-state index contributed by atoms with van der Waals surface area (Å²) in [4.78, 5) is 39.2. The second kappa shape index (κ2) is 11.6. The van der Waals surface area contributed by atoms with Crippen molar-refractivity contribution < 1.29 is 19.5 Å². The van der Waals surface area contributed by atoms with Crippen LogP contribution >= 0.6 is 11.6 Å². The molecule has 1 saturated carbocycles. The van der Waals surface area contributed by atoms with Crippen molar-refractivity contribution in [2.24, 2.45) is 11.7 Å². The minimum absolute atomic E-state index is 0.0958. The van der Waals surface area contributed by atoms with Crippen molar-refractivity contribution in [3.63, 3.8) is 0 Å². The van der Waals surface area contributed by atoms with E-state index in [1.54, 1.807) is 17.0 Å². The molecule has 3 rings (SSSR count). The highest BCUT2D eigenvalue weighted by molar-refractivity contribution is 6.30. The van der Waals surface area contributed by atoms with Gasteiger partial charge in [-0.05, 0) is 54.9 Å². The molecule has 1 aromatic carbocycles. The first-order chi connectivity index (χ1) is 15.4. The minimum atomic E-state index is -0.994. The van der Waals surface area contributed by atoms with Gasteiger partial charge in [0.05, 0.1) is 12.6 Å². The fraction of sp³-hybridized carbons (Fsp3) is 0.609. The van der Waals surface area contributed by atoms with Crippen LogP contribution in [0.3, 0.4) is 0 Å². The summed E-state index contributed by atoms with van der Waals surface area (Å²) in [5.74, 6) is -1.27. The Morgan fingerprint density at radius 2 is 1.88 bits per heavy atom. The molecule has 5 N–H and O–H groups in total. The first-order valence-electron chi connectivity index (χ1n) is 11.4. The molecule has 1 aliphatic heterocycles. The van der Waals surface area contributed by atoms with Gasteiger partial charge in [0.25, 0.3) is 0 Å². The number of nitrogens with two attached hydrogens (primary N) is 1. The first-order valence-corrected chi connectivity index (χ1v) is 11.8. The number of amides is 2. The summed E-state index contributed by atoms with van der Waals surface area (Å²) in [6, 6.07) is 4.27. The zero-order chi connectivity index (χ0) is 23.1. The standard InChI is InChI=1S/C23H33ClN4O4/c24-18-9-8-16(12-25)17(11-18)13-27-22(31)19-7-4-10-28(19)23(32)21(26-14-20(29)30)15-5-2-1-3-6-15/h8-9,11,15,19,21,26H,1-7,10,12-14,25H2,(H,27,31)(H,29,30). The fourth-order valence-corrected chi connectivity index (χ4v) is 5.06. The van der Waals surface area contributed by atoms with Crippen molar-refractivity contribution in [2.45, 2.75) is 70.1 Å². The lowest BCUT2D eigenvalue weighted by Crippen LogP contribution is -2.55. The summed E-state index contributed by atoms with van der Waals surface area (Å²) < 4.78 is 0. The van der Waals surface area contributed by atoms with Crippen molar-refractivity contribution in [3.05, 3.63) is 34.3 Å². The number of aliphatic carboxylic acids is 1. The van der Waals surface area contributed by atoms with Gasteiger partial charge < -0.3 is 21.1 Å². The maximum atomic E-state index is 13.4. The molecular formula is C23H33ClN4O4. The number of benzene rings is 1. The van der Waals surface area contributed by atoms with Crippen molar-refractivity contribution in [1.29, 1.82) is 0 Å². The Labute approximate surface area is 193 Å². The predicted molar refractivity (Wildman–Crippen MR) is 122 cm³/mol. The first kappa shape index (κ1) is 24.5. The maximum Gasteiger partial charge on any atom is 0.317 e. The second-order valence-electron chi connectivity index (χ2n) is 8.68. The minimum Gasteiger partial charge on any atom is -0.480 e. The van der Waals surface area contributed by atoms with Gasteiger partial charge >= 0.3 is 5.97 Å². The molecule has 1 saturated heterocycles. The maximum absolute atomic E-state index is 13.4. The van der Waals surface area contributed by atoms with Gasteiger partial charge in [0, 0.05) is 24.7 Å². The van der Waals surface area contributed by atoms with Crippen molar-refractivity contribution in [1.82, 2.24) is 15.5 Å². The fourth-order valence-electron chi connectivity index (χ4n) is 4.86. The van der Waals surface area contributed by atoms with E-state index in [1.165, 1.54) is 0 Å². The van der Waals surface area contributed by atoms with E-state index in [-0.39, 0.29) is 30.8 Å². The Kier molecular flexibility index (Phi) is 8.90. The Balaban J connectivity index is 1.68. The van der Waals surface area contributed by atoms with Gasteiger partial charge in [0.1, 0.15) is 6.04 Å². The average Bonchev–Trinajstić information content (AvgIpc) is 3.28. The Morgan fingerprint density at radius 3 is 2.56 bits per heavy atom. The Bertz CT molecular complexity index is 828. The molecular weight excluding hydrogens is 432 g/mol. The smallest absolute Gasteiger partial charge is 0.317 e. The van der Waals surface area contributed by atoms with Crippen LogP contribution in [0.25, 0.3) is 0 Å². The van der Waals surface area contributed by atoms with Crippen LogP contribution in [-0.2, 0) is 27.5 Å². The van der Waals surface area contributed by atoms with Gasteiger partial charge in [-0.2, -0.15) is 0 Å². The Morgan fingerprint density at radius 1 is 1.12 bits per heavy atom. The van der Waals surface area contributed by atoms with Gasteiger partial charge in [-0.1, -0.05) is 36.9 Å². The molecule has 2 fully saturated rings. The molecule has 0 aromatic heterocycles. The molecule has 2 amide bonds. The number of hydrogen-bond acceptors (Lipinski definition) is 5. The van der Waals surface area contributed by atoms with Gasteiger partial charge in [-0.15, -0.1) is 0 Å². The van der Waals surface area contributed by atoms with Crippen molar-refractivity contribution in [3.8, 4) is 0 Å². The number of carboxylic acids is 1. The van der Waals surface area contributed by atoms with Crippen LogP contribution in [0.4, 0.5) is 0 Å². The largest absolute Gasteiger partial charge is 0.480 e. The van der Waals surface area contributed by atoms with Crippen LogP contribution in [0.2, 0.25) is 5.02 Å². The summed E-state index contributed by atoms with van der Waals surface area (Å²) in [5, 5.41) is 15.6. The molecule has 0 radical (unpaired) electrons. The molecule has 2 atom stereocenters. The molecule has 2 unspecified atom stereocenters. The van der Waals surface area contributed by atoms with Gasteiger partial charge in [-0.3, -0.25) is 19.7 Å². The molecule has 1 heterocycles. The van der Waals surface area contributed by atoms with E-state index in [2.05, 4.69) is 10.6 Å². The number of nitrogens with one attached hydrogen (secondary N) is 2. The summed E-state index contributed by atoms with van der Waals surface area (Å²) >= 11 is 6.09. The van der Waals surface area contributed by atoms with E-state index >= 15 is 0 Å². The molecule has 8 nitrogen and oxygen atoms in total. The third-order valence-corrected chi connectivity index (χ3v) is 6.78. The summed E-state index contributed by atoms with van der Waals surface area (Å²) in [6.07, 6.45) is 6.33. The number of hydrogen-bond donors (Lipinski definition) is 4. The van der Waals surface area contributed by atoms with E-state index in [0.29, 0.717) is 24.5 Å². The Hall–Kier alpha value is -2.16. The number of carboxylic acid groups (broad SMARTS) is 1. The summed E-state index contributed by atoms with van der Waals surface area (Å²) in [6.45, 7) is 0.858. The van der Waals surface area contributed by atoms with Crippen molar-refractivity contribution >= 4 is 29.4 Å². The van der Waals surface area contributed by atoms with Crippen molar-refractivity contribution in [2.75, 3.05) is 13.1 Å². The molecule has 176 valence electrons. The quantitative estimate of drug-likeness (QED) is 0.443. The van der Waals surface area contributed by atoms with E-state index in [1.807, 2.05) is 6.07 Å².